The van der Waals surface area contributed by atoms with Crippen molar-refractivity contribution in [3.63, 3.8) is 0 Å². The fourth-order valence-electron chi connectivity index (χ4n) is 7.48. The average Bonchev–Trinajstić information content (AvgIpc) is 3.59. The van der Waals surface area contributed by atoms with Crippen molar-refractivity contribution >= 4 is 12.2 Å². The van der Waals surface area contributed by atoms with E-state index in [0.29, 0.717) is 0 Å². The Morgan fingerprint density at radius 2 is 1.00 bits per heavy atom. The number of rotatable bonds is 4. The molecule has 38 heavy (non-hydrogen) atoms. The Balaban J connectivity index is 1.32. The van der Waals surface area contributed by atoms with Crippen LogP contribution in [0.1, 0.15) is 65.5 Å². The van der Waals surface area contributed by atoms with E-state index in [-0.39, 0.29) is 5.41 Å². The molecule has 0 amide bonds. The number of allylic oxidation sites excluding steroid dienone is 2. The number of benzene rings is 4. The Labute approximate surface area is 227 Å². The molecule has 0 heteroatoms. The molecule has 3 aliphatic carbocycles. The predicted octanol–water partition coefficient (Wildman–Crippen LogP) is 10.2. The molecule has 0 aliphatic heterocycles. The summed E-state index contributed by atoms with van der Waals surface area (Å²) in [5.74, 6) is 0. The average molecular weight is 493 g/mol. The minimum atomic E-state index is 0.185. The molecule has 7 rings (SSSR count). The summed E-state index contributed by atoms with van der Waals surface area (Å²) in [6.07, 6.45) is 14.0. The van der Waals surface area contributed by atoms with Crippen LogP contribution in [-0.2, 0) is 12.8 Å². The lowest BCUT2D eigenvalue weighted by atomic mass is 9.63. The number of hydrogen-bond acceptors (Lipinski definition) is 0. The van der Waals surface area contributed by atoms with E-state index in [4.69, 9.17) is 0 Å². The Morgan fingerprint density at radius 1 is 0.526 bits per heavy atom. The Morgan fingerprint density at radius 3 is 1.47 bits per heavy atom. The molecule has 0 saturated heterocycles. The highest BCUT2D eigenvalue weighted by molar-refractivity contribution is 5.84. The summed E-state index contributed by atoms with van der Waals surface area (Å²) in [5.41, 5.74) is 17.5. The first-order valence-corrected chi connectivity index (χ1v) is 14.4. The first-order valence-electron chi connectivity index (χ1n) is 14.4. The first-order chi connectivity index (χ1) is 18.6. The number of aryl methyl sites for hydroxylation is 2. The van der Waals surface area contributed by atoms with Gasteiger partial charge in [-0.3, -0.25) is 0 Å². The summed E-state index contributed by atoms with van der Waals surface area (Å²) in [7, 11) is 0. The van der Waals surface area contributed by atoms with Gasteiger partial charge in [0.15, 0.2) is 0 Å². The number of hydrogen-bond donors (Lipinski definition) is 0. The van der Waals surface area contributed by atoms with E-state index in [1.807, 2.05) is 0 Å². The van der Waals surface area contributed by atoms with Gasteiger partial charge in [-0.1, -0.05) is 139 Å². The zero-order valence-corrected chi connectivity index (χ0v) is 22.7. The van der Waals surface area contributed by atoms with Crippen LogP contribution in [0.15, 0.2) is 96.1 Å². The topological polar surface area (TPSA) is 0 Å². The third-order valence-electron chi connectivity index (χ3n) is 9.39. The van der Waals surface area contributed by atoms with Gasteiger partial charge in [-0.2, -0.15) is 0 Å². The number of fused-ring (bicyclic) bond motifs is 2. The van der Waals surface area contributed by atoms with Crippen molar-refractivity contribution in [3.05, 3.63) is 129 Å². The molecule has 4 aromatic carbocycles. The van der Waals surface area contributed by atoms with E-state index < -0.39 is 0 Å². The van der Waals surface area contributed by atoms with Gasteiger partial charge in [-0.05, 0) is 84.0 Å². The van der Waals surface area contributed by atoms with Crippen LogP contribution < -0.4 is 0 Å². The maximum absolute atomic E-state index is 2.60. The zero-order chi connectivity index (χ0) is 25.7. The Kier molecular flexibility index (Phi) is 5.73. The highest BCUT2D eigenvalue weighted by Gasteiger charge is 2.42. The summed E-state index contributed by atoms with van der Waals surface area (Å²) >= 11 is 0. The molecule has 3 aliphatic rings. The SMILES string of the molecule is Cc1cccc(-c2cccc3c2C=C(C2(C4=Cc5c(cccc5-c5cccc(C)c5)C4)CCCCC2)C3)c1. The minimum absolute atomic E-state index is 0.185. The van der Waals surface area contributed by atoms with Gasteiger partial charge in [-0.25, -0.2) is 0 Å². The van der Waals surface area contributed by atoms with Crippen molar-refractivity contribution < 1.29 is 0 Å². The molecule has 0 aromatic heterocycles. The second kappa shape index (κ2) is 9.28. The lowest BCUT2D eigenvalue weighted by Crippen LogP contribution is -2.29. The molecular formula is C38H36. The normalized spacial score (nSPS) is 17.5. The van der Waals surface area contributed by atoms with Crippen LogP contribution in [0.5, 0.6) is 0 Å². The standard InChI is InChI=1S/C38H36/c1-26-10-6-12-28(20-26)34-16-8-14-30-22-32(24-36(30)34)38(18-4-3-5-19-38)33-23-31-15-9-17-35(37(31)25-33)29-13-7-11-27(2)21-29/h6-17,20-21,24-25H,3-5,18-19,22-23H2,1-2H3. The maximum Gasteiger partial charge on any atom is 0.0134 e. The third kappa shape index (κ3) is 3.90. The Bertz CT molecular complexity index is 1490. The van der Waals surface area contributed by atoms with Crippen molar-refractivity contribution in [1.29, 1.82) is 0 Å². The largest absolute Gasteiger partial charge is 0.0614 e. The van der Waals surface area contributed by atoms with E-state index in [0.717, 1.165) is 12.8 Å². The molecule has 1 saturated carbocycles. The van der Waals surface area contributed by atoms with Gasteiger partial charge in [0.2, 0.25) is 0 Å². The van der Waals surface area contributed by atoms with Gasteiger partial charge in [0.1, 0.15) is 0 Å². The van der Waals surface area contributed by atoms with Gasteiger partial charge in [0.05, 0.1) is 0 Å². The molecule has 0 radical (unpaired) electrons. The second-order valence-electron chi connectivity index (χ2n) is 11.8. The molecule has 4 aromatic rings. The molecule has 0 bridgehead atoms. The monoisotopic (exact) mass is 492 g/mol. The molecule has 0 heterocycles. The molecule has 0 N–H and O–H groups in total. The highest BCUT2D eigenvalue weighted by Crippen LogP contribution is 2.55. The summed E-state index contributed by atoms with van der Waals surface area (Å²) in [5, 5.41) is 0. The van der Waals surface area contributed by atoms with Gasteiger partial charge in [-0.15, -0.1) is 0 Å². The van der Waals surface area contributed by atoms with Crippen molar-refractivity contribution in [1.82, 2.24) is 0 Å². The quantitative estimate of drug-likeness (QED) is 0.266. The lowest BCUT2D eigenvalue weighted by molar-refractivity contribution is 0.286. The van der Waals surface area contributed by atoms with Crippen LogP contribution >= 0.6 is 0 Å². The van der Waals surface area contributed by atoms with Crippen LogP contribution in [0.25, 0.3) is 34.4 Å². The van der Waals surface area contributed by atoms with Crippen molar-refractivity contribution in [2.24, 2.45) is 5.41 Å². The van der Waals surface area contributed by atoms with Crippen molar-refractivity contribution in [2.75, 3.05) is 0 Å². The molecule has 1 fully saturated rings. The van der Waals surface area contributed by atoms with Gasteiger partial charge in [0, 0.05) is 5.41 Å². The summed E-state index contributed by atoms with van der Waals surface area (Å²) < 4.78 is 0. The lowest BCUT2D eigenvalue weighted by Gasteiger charge is -2.40. The Hall–Kier alpha value is -3.64. The first kappa shape index (κ1) is 23.5. The van der Waals surface area contributed by atoms with E-state index >= 15 is 0 Å². The highest BCUT2D eigenvalue weighted by atomic mass is 14.5. The van der Waals surface area contributed by atoms with Crippen LogP contribution in [0.4, 0.5) is 0 Å². The predicted molar refractivity (Wildman–Crippen MR) is 162 cm³/mol. The van der Waals surface area contributed by atoms with Gasteiger partial charge in [0.25, 0.3) is 0 Å². The maximum atomic E-state index is 2.60. The molecular weight excluding hydrogens is 456 g/mol. The summed E-state index contributed by atoms with van der Waals surface area (Å²) in [4.78, 5) is 0. The fourth-order valence-corrected chi connectivity index (χ4v) is 7.48. The van der Waals surface area contributed by atoms with Crippen LogP contribution in [0.2, 0.25) is 0 Å². The minimum Gasteiger partial charge on any atom is -0.0614 e. The van der Waals surface area contributed by atoms with E-state index in [2.05, 4.69) is 111 Å². The van der Waals surface area contributed by atoms with Crippen LogP contribution in [0.3, 0.4) is 0 Å². The van der Waals surface area contributed by atoms with Crippen LogP contribution in [-0.4, -0.2) is 0 Å². The van der Waals surface area contributed by atoms with E-state index in [1.165, 1.54) is 87.7 Å². The second-order valence-corrected chi connectivity index (χ2v) is 11.8. The van der Waals surface area contributed by atoms with Gasteiger partial charge >= 0.3 is 0 Å². The molecule has 0 nitrogen and oxygen atoms in total. The van der Waals surface area contributed by atoms with Crippen LogP contribution in [0, 0.1) is 19.3 Å². The third-order valence-corrected chi connectivity index (χ3v) is 9.39. The molecule has 0 atom stereocenters. The van der Waals surface area contributed by atoms with E-state index in [9.17, 15) is 0 Å². The van der Waals surface area contributed by atoms with Gasteiger partial charge < -0.3 is 0 Å². The smallest absolute Gasteiger partial charge is 0.0134 e. The molecule has 188 valence electrons. The zero-order valence-electron chi connectivity index (χ0n) is 22.7. The van der Waals surface area contributed by atoms with Crippen molar-refractivity contribution in [2.45, 2.75) is 58.8 Å². The molecule has 0 spiro atoms. The fraction of sp³-hybridized carbons (Fsp3) is 0.263. The van der Waals surface area contributed by atoms with Crippen molar-refractivity contribution in [3.8, 4) is 22.3 Å². The molecule has 0 unspecified atom stereocenters. The van der Waals surface area contributed by atoms with E-state index in [1.54, 1.807) is 11.1 Å². The summed E-state index contributed by atoms with van der Waals surface area (Å²) in [6, 6.07) is 31.9. The summed E-state index contributed by atoms with van der Waals surface area (Å²) in [6.45, 7) is 4.39.